The van der Waals surface area contributed by atoms with Crippen molar-refractivity contribution in [3.63, 3.8) is 0 Å². The van der Waals surface area contributed by atoms with Crippen LogP contribution in [0.4, 0.5) is 5.69 Å². The monoisotopic (exact) mass is 324 g/mol. The summed E-state index contributed by atoms with van der Waals surface area (Å²) in [6.07, 6.45) is 4.23. The zero-order valence-corrected chi connectivity index (χ0v) is 11.7. The highest BCUT2D eigenvalue weighted by Gasteiger charge is 2.14. The van der Waals surface area contributed by atoms with Gasteiger partial charge in [-0.05, 0) is 18.7 Å². The number of imidazole rings is 1. The number of nitro groups is 1. The first-order chi connectivity index (χ1) is 9.10. The van der Waals surface area contributed by atoms with E-state index in [-0.39, 0.29) is 10.6 Å². The van der Waals surface area contributed by atoms with E-state index in [0.717, 1.165) is 5.69 Å². The van der Waals surface area contributed by atoms with E-state index < -0.39 is 0 Å². The van der Waals surface area contributed by atoms with Crippen LogP contribution in [0.2, 0.25) is 0 Å². The second kappa shape index (κ2) is 5.94. The summed E-state index contributed by atoms with van der Waals surface area (Å²) in [5.74, 6) is 0. The molecule has 0 aliphatic carbocycles. The molecule has 0 saturated carbocycles. The maximum atomic E-state index is 11.0. The van der Waals surface area contributed by atoms with E-state index in [4.69, 9.17) is 5.73 Å². The predicted octanol–water partition coefficient (Wildman–Crippen LogP) is 2.10. The second-order valence-corrected chi connectivity index (χ2v) is 5.02. The third-order valence-electron chi connectivity index (χ3n) is 2.68. The summed E-state index contributed by atoms with van der Waals surface area (Å²) in [6.45, 7) is 0.955. The number of nitro benzene ring substituents is 1. The fourth-order valence-electron chi connectivity index (χ4n) is 1.81. The Labute approximate surface area is 118 Å². The lowest BCUT2D eigenvalue weighted by Crippen LogP contribution is -2.03. The third kappa shape index (κ3) is 3.39. The molecule has 0 saturated heterocycles. The van der Waals surface area contributed by atoms with Gasteiger partial charge in [0.2, 0.25) is 0 Å². The number of hydrogen-bond acceptors (Lipinski definition) is 4. The highest BCUT2D eigenvalue weighted by Crippen LogP contribution is 2.24. The molecule has 100 valence electrons. The minimum absolute atomic E-state index is 0.100. The maximum absolute atomic E-state index is 11.0. The highest BCUT2D eigenvalue weighted by molar-refractivity contribution is 9.10. The zero-order chi connectivity index (χ0) is 13.8. The Kier molecular flexibility index (Phi) is 4.28. The molecule has 2 N–H and O–H groups in total. The van der Waals surface area contributed by atoms with E-state index in [9.17, 15) is 10.1 Å². The van der Waals surface area contributed by atoms with Gasteiger partial charge in [-0.1, -0.05) is 15.9 Å². The van der Waals surface area contributed by atoms with Crippen molar-refractivity contribution >= 4 is 21.6 Å². The van der Waals surface area contributed by atoms with Crippen molar-refractivity contribution in [2.24, 2.45) is 5.73 Å². The van der Waals surface area contributed by atoms with E-state index in [1.807, 2.05) is 10.8 Å². The largest absolute Gasteiger partial charge is 0.333 e. The van der Waals surface area contributed by atoms with Crippen molar-refractivity contribution in [2.75, 3.05) is 6.54 Å². The van der Waals surface area contributed by atoms with Crippen molar-refractivity contribution in [3.8, 4) is 0 Å². The number of nitrogens with zero attached hydrogens (tertiary/aromatic N) is 3. The van der Waals surface area contributed by atoms with Gasteiger partial charge in [-0.2, -0.15) is 0 Å². The lowest BCUT2D eigenvalue weighted by atomic mass is 10.2. The molecule has 0 fully saturated rings. The summed E-state index contributed by atoms with van der Waals surface area (Å²) >= 11 is 3.24. The lowest BCUT2D eigenvalue weighted by Gasteiger charge is -2.04. The molecule has 0 bridgehead atoms. The van der Waals surface area contributed by atoms with Gasteiger partial charge in [0.05, 0.1) is 23.5 Å². The summed E-state index contributed by atoms with van der Waals surface area (Å²) in [5, 5.41) is 11.0. The summed E-state index contributed by atoms with van der Waals surface area (Å²) in [7, 11) is 0. The number of rotatable bonds is 5. The first-order valence-electron chi connectivity index (χ1n) is 5.73. The summed E-state index contributed by atoms with van der Waals surface area (Å²) in [4.78, 5) is 14.8. The zero-order valence-electron chi connectivity index (χ0n) is 10.1. The van der Waals surface area contributed by atoms with Crippen molar-refractivity contribution in [3.05, 3.63) is 56.6 Å². The molecule has 0 aliphatic rings. The van der Waals surface area contributed by atoms with Crippen LogP contribution in [-0.4, -0.2) is 21.0 Å². The minimum Gasteiger partial charge on any atom is -0.333 e. The normalized spacial score (nSPS) is 10.6. The second-order valence-electron chi connectivity index (χ2n) is 4.11. The Morgan fingerprint density at radius 2 is 2.26 bits per heavy atom. The van der Waals surface area contributed by atoms with Crippen LogP contribution in [0.3, 0.4) is 0 Å². The van der Waals surface area contributed by atoms with E-state index in [1.54, 1.807) is 18.5 Å². The average molecular weight is 325 g/mol. The molecule has 1 heterocycles. The van der Waals surface area contributed by atoms with Gasteiger partial charge in [0, 0.05) is 28.7 Å². The fourth-order valence-corrected chi connectivity index (χ4v) is 2.16. The van der Waals surface area contributed by atoms with Crippen LogP contribution < -0.4 is 5.73 Å². The Balaban J connectivity index is 2.24. The summed E-state index contributed by atoms with van der Waals surface area (Å²) < 4.78 is 2.51. The topological polar surface area (TPSA) is 87.0 Å². The van der Waals surface area contributed by atoms with Crippen molar-refractivity contribution < 1.29 is 4.92 Å². The highest BCUT2D eigenvalue weighted by atomic mass is 79.9. The Morgan fingerprint density at radius 3 is 2.95 bits per heavy atom. The van der Waals surface area contributed by atoms with Crippen molar-refractivity contribution in [1.29, 1.82) is 0 Å². The number of aromatic nitrogens is 2. The molecule has 1 aromatic carbocycles. The molecule has 2 aromatic rings. The first kappa shape index (κ1) is 13.7. The van der Waals surface area contributed by atoms with E-state index in [1.165, 1.54) is 6.07 Å². The van der Waals surface area contributed by atoms with Crippen LogP contribution in [0.1, 0.15) is 11.3 Å². The van der Waals surface area contributed by atoms with Crippen LogP contribution >= 0.6 is 15.9 Å². The third-order valence-corrected chi connectivity index (χ3v) is 3.18. The molecule has 0 unspecified atom stereocenters. The van der Waals surface area contributed by atoms with Gasteiger partial charge in [0.25, 0.3) is 5.69 Å². The molecular formula is C12H13BrN4O2. The molecule has 2 rings (SSSR count). The summed E-state index contributed by atoms with van der Waals surface area (Å²) in [5.41, 5.74) is 7.09. The molecule has 0 amide bonds. The van der Waals surface area contributed by atoms with Gasteiger partial charge in [0.1, 0.15) is 0 Å². The minimum atomic E-state index is -0.377. The van der Waals surface area contributed by atoms with Crippen LogP contribution in [0.25, 0.3) is 0 Å². The van der Waals surface area contributed by atoms with Crippen LogP contribution in [0, 0.1) is 10.1 Å². The molecule has 0 aliphatic heterocycles. The van der Waals surface area contributed by atoms with E-state index >= 15 is 0 Å². The van der Waals surface area contributed by atoms with Gasteiger partial charge >= 0.3 is 0 Å². The summed E-state index contributed by atoms with van der Waals surface area (Å²) in [6, 6.07) is 5.04. The van der Waals surface area contributed by atoms with Crippen molar-refractivity contribution in [2.45, 2.75) is 13.0 Å². The van der Waals surface area contributed by atoms with Gasteiger partial charge in [-0.3, -0.25) is 10.1 Å². The molecule has 0 spiro atoms. The molecule has 0 atom stereocenters. The lowest BCUT2D eigenvalue weighted by molar-refractivity contribution is -0.385. The molecular weight excluding hydrogens is 312 g/mol. The van der Waals surface area contributed by atoms with Gasteiger partial charge in [0.15, 0.2) is 0 Å². The first-order valence-corrected chi connectivity index (χ1v) is 6.53. The van der Waals surface area contributed by atoms with Gasteiger partial charge < -0.3 is 10.3 Å². The quantitative estimate of drug-likeness (QED) is 0.674. The Morgan fingerprint density at radius 1 is 1.47 bits per heavy atom. The molecule has 7 heteroatoms. The average Bonchev–Trinajstić information content (AvgIpc) is 2.79. The molecule has 0 radical (unpaired) electrons. The number of benzene rings is 1. The van der Waals surface area contributed by atoms with Crippen LogP contribution in [0.15, 0.2) is 35.2 Å². The van der Waals surface area contributed by atoms with Crippen molar-refractivity contribution in [1.82, 2.24) is 9.55 Å². The van der Waals surface area contributed by atoms with Gasteiger partial charge in [-0.25, -0.2) is 4.98 Å². The maximum Gasteiger partial charge on any atom is 0.275 e. The predicted molar refractivity (Wildman–Crippen MR) is 74.9 cm³/mol. The standard InChI is InChI=1S/C12H13BrN4O2/c13-10-2-1-9(12(5-10)17(18)19)6-16-7-11(3-4-14)15-8-16/h1-2,5,7-8H,3-4,6,14H2. The van der Waals surface area contributed by atoms with Crippen LogP contribution in [0.5, 0.6) is 0 Å². The number of halogens is 1. The smallest absolute Gasteiger partial charge is 0.275 e. The Hall–Kier alpha value is -1.73. The van der Waals surface area contributed by atoms with E-state index in [2.05, 4.69) is 20.9 Å². The van der Waals surface area contributed by atoms with Gasteiger partial charge in [-0.15, -0.1) is 0 Å². The van der Waals surface area contributed by atoms with E-state index in [0.29, 0.717) is 29.5 Å². The molecule has 1 aromatic heterocycles. The Bertz CT molecular complexity index is 597. The van der Waals surface area contributed by atoms with Crippen LogP contribution in [-0.2, 0) is 13.0 Å². The fraction of sp³-hybridized carbons (Fsp3) is 0.250. The number of hydrogen-bond donors (Lipinski definition) is 1. The molecule has 19 heavy (non-hydrogen) atoms. The SMILES string of the molecule is NCCc1cn(Cc2ccc(Br)cc2[N+](=O)[O-])cn1. The number of nitrogens with two attached hydrogens (primary N) is 1. The molecule has 6 nitrogen and oxygen atoms in total.